The van der Waals surface area contributed by atoms with Crippen LogP contribution in [0.1, 0.15) is 98.4 Å². The quantitative estimate of drug-likeness (QED) is 0.271. The number of allylic oxidation sites excluding steroid dienone is 4. The molecule has 1 aromatic carbocycles. The van der Waals surface area contributed by atoms with Crippen molar-refractivity contribution in [1.82, 2.24) is 10.6 Å². The highest BCUT2D eigenvalue weighted by Gasteiger charge is 2.52. The van der Waals surface area contributed by atoms with Crippen LogP contribution in [0.15, 0.2) is 47.5 Å². The molecule has 5 rings (SSSR count). The fraction of sp³-hybridized carbons (Fsp3) is 0.525. The summed E-state index contributed by atoms with van der Waals surface area (Å²) in [6, 6.07) is 0. The van der Waals surface area contributed by atoms with Gasteiger partial charge < -0.3 is 44.9 Å². The molecule has 14 heteroatoms. The number of phenols is 1. The average molecular weight is 753 g/mol. The molecule has 294 valence electrons. The number of ketones is 3. The summed E-state index contributed by atoms with van der Waals surface area (Å²) < 4.78 is 23.3. The zero-order chi connectivity index (χ0) is 40.4. The standard InChI is InChI=1S/C40H52N2O12/c1-11-16-41-29-30-35(48)27-26(34(29)47)28-37(23(7)33(27)46)54-40(9,38(28)49)52-17-15-25(51-10)20(4)36(53-24(8)43)22(6)32(45)21(5)31(44)18(2)13-12-14-19(3)39(50)42-30/h12-15,17-18,20-22,25,31-32,36,41,44-46H,11,16H2,1-10H3,(H,42,50)/b13-12+,17-15+,19-14-/t18-,20+,21+,22-,25-,31-,32-,36+,40-/m0/s1. The van der Waals surface area contributed by atoms with E-state index in [2.05, 4.69) is 10.6 Å². The summed E-state index contributed by atoms with van der Waals surface area (Å²) >= 11 is 0. The van der Waals surface area contributed by atoms with Crippen molar-refractivity contribution in [3.05, 3.63) is 69.8 Å². The van der Waals surface area contributed by atoms with E-state index >= 15 is 0 Å². The Labute approximate surface area is 315 Å². The minimum Gasteiger partial charge on any atom is -0.507 e. The predicted octanol–water partition coefficient (Wildman–Crippen LogP) is 3.96. The summed E-state index contributed by atoms with van der Waals surface area (Å²) in [4.78, 5) is 68.3. The highest BCUT2D eigenvalue weighted by Crippen LogP contribution is 2.48. The second-order valence-electron chi connectivity index (χ2n) is 14.5. The van der Waals surface area contributed by atoms with Gasteiger partial charge in [0.2, 0.25) is 11.6 Å². The van der Waals surface area contributed by atoms with E-state index in [1.165, 1.54) is 53.2 Å². The summed E-state index contributed by atoms with van der Waals surface area (Å²) in [6.45, 7) is 14.4. The molecule has 0 spiro atoms. The SMILES string of the molecule is CCCNC1=C2NC(=O)/C(C)=C\C=C\[C@H](C)[C@H](O)[C@@H](C)[C@H](O)[C@H](C)[C@H](OC(C)=O)[C@H](C)[C@@H](OC)/C=C/O[C@@]3(C)Oc4c(C)c(O)c(c(c4C3=O)C1=O)C2=O. The van der Waals surface area contributed by atoms with Gasteiger partial charge in [-0.25, -0.2) is 0 Å². The molecule has 0 saturated heterocycles. The van der Waals surface area contributed by atoms with Gasteiger partial charge in [0, 0.05) is 62.3 Å². The predicted molar refractivity (Wildman–Crippen MR) is 196 cm³/mol. The summed E-state index contributed by atoms with van der Waals surface area (Å²) in [5.41, 5.74) is -1.61. The van der Waals surface area contributed by atoms with Crippen LogP contribution in [0.4, 0.5) is 0 Å². The van der Waals surface area contributed by atoms with Crippen LogP contribution < -0.4 is 15.4 Å². The molecule has 5 N–H and O–H groups in total. The van der Waals surface area contributed by atoms with Crippen molar-refractivity contribution < 1.29 is 58.2 Å². The molecule has 0 aromatic heterocycles. The molecule has 5 bridgehead atoms. The lowest BCUT2D eigenvalue weighted by molar-refractivity contribution is -0.160. The van der Waals surface area contributed by atoms with Crippen LogP contribution in [0.5, 0.6) is 11.5 Å². The number of carbonyl (C=O) groups is 5. The minimum atomic E-state index is -2.06. The normalized spacial score (nSPS) is 32.9. The Morgan fingerprint density at radius 2 is 1.63 bits per heavy atom. The van der Waals surface area contributed by atoms with Crippen molar-refractivity contribution in [2.24, 2.45) is 23.7 Å². The smallest absolute Gasteiger partial charge is 0.312 e. The Morgan fingerprint density at radius 1 is 0.963 bits per heavy atom. The number of nitrogens with one attached hydrogen (secondary N) is 2. The van der Waals surface area contributed by atoms with Gasteiger partial charge in [-0.15, -0.1) is 0 Å². The van der Waals surface area contributed by atoms with E-state index in [-0.39, 0.29) is 40.3 Å². The number of hydrogen-bond acceptors (Lipinski definition) is 13. The number of benzene rings is 1. The molecule has 0 unspecified atom stereocenters. The van der Waals surface area contributed by atoms with Gasteiger partial charge >= 0.3 is 11.8 Å². The summed E-state index contributed by atoms with van der Waals surface area (Å²) in [6.07, 6.45) is 3.97. The van der Waals surface area contributed by atoms with Crippen molar-refractivity contribution >= 4 is 29.2 Å². The van der Waals surface area contributed by atoms with E-state index in [0.717, 1.165) is 0 Å². The van der Waals surface area contributed by atoms with E-state index < -0.39 is 100 Å². The molecule has 0 fully saturated rings. The molecule has 0 saturated carbocycles. The van der Waals surface area contributed by atoms with E-state index in [9.17, 15) is 39.3 Å². The number of esters is 1. The molecule has 54 heavy (non-hydrogen) atoms. The molecule has 14 nitrogen and oxygen atoms in total. The average Bonchev–Trinajstić information content (AvgIpc) is 3.39. The van der Waals surface area contributed by atoms with Crippen LogP contribution in [-0.4, -0.2) is 88.4 Å². The molecule has 9 atom stereocenters. The maximum absolute atomic E-state index is 14.3. The molecule has 4 aliphatic rings. The maximum atomic E-state index is 14.3. The largest absolute Gasteiger partial charge is 0.507 e. The summed E-state index contributed by atoms with van der Waals surface area (Å²) in [5.74, 6) is -9.11. The Hall–Kier alpha value is -4.79. The Balaban J connectivity index is 1.90. The van der Waals surface area contributed by atoms with Crippen LogP contribution in [0.2, 0.25) is 0 Å². The zero-order valence-corrected chi connectivity index (χ0v) is 32.4. The molecule has 3 heterocycles. The minimum absolute atomic E-state index is 0.00243. The van der Waals surface area contributed by atoms with Gasteiger partial charge in [-0.3, -0.25) is 24.0 Å². The number of phenolic OH excluding ortho intramolecular Hbond substituents is 1. The number of carbonyl (C=O) groups excluding carboxylic acids is 5. The third-order valence-electron chi connectivity index (χ3n) is 10.5. The van der Waals surface area contributed by atoms with Gasteiger partial charge in [-0.05, 0) is 26.3 Å². The number of Topliss-reactive ketones (excluding diaryl/α,β-unsaturated/α-hetero) is 3. The van der Waals surface area contributed by atoms with E-state index in [1.807, 2.05) is 6.92 Å². The third kappa shape index (κ3) is 7.87. The number of rotatable bonds is 5. The van der Waals surface area contributed by atoms with Gasteiger partial charge in [-0.2, -0.15) is 0 Å². The number of hydrogen-bond donors (Lipinski definition) is 5. The highest BCUT2D eigenvalue weighted by atomic mass is 16.7. The molecule has 1 aromatic rings. The first-order valence-electron chi connectivity index (χ1n) is 18.1. The van der Waals surface area contributed by atoms with Crippen molar-refractivity contribution in [2.45, 2.75) is 98.9 Å². The van der Waals surface area contributed by atoms with Crippen LogP contribution in [-0.2, 0) is 23.8 Å². The second-order valence-corrected chi connectivity index (χ2v) is 14.5. The lowest BCUT2D eigenvalue weighted by atomic mass is 9.78. The van der Waals surface area contributed by atoms with Crippen molar-refractivity contribution in [1.29, 1.82) is 0 Å². The summed E-state index contributed by atoms with van der Waals surface area (Å²) in [7, 11) is 1.42. The molecular weight excluding hydrogens is 700 g/mol. The van der Waals surface area contributed by atoms with Crippen LogP contribution in [0.3, 0.4) is 0 Å². The molecule has 0 radical (unpaired) electrons. The number of aliphatic hydroxyl groups excluding tert-OH is 2. The van der Waals surface area contributed by atoms with E-state index in [0.29, 0.717) is 6.42 Å². The number of amides is 1. The third-order valence-corrected chi connectivity index (χ3v) is 10.5. The van der Waals surface area contributed by atoms with Crippen molar-refractivity contribution in [3.8, 4) is 11.5 Å². The van der Waals surface area contributed by atoms with E-state index in [4.69, 9.17) is 18.9 Å². The fourth-order valence-electron chi connectivity index (χ4n) is 7.11. The van der Waals surface area contributed by atoms with Crippen molar-refractivity contribution in [3.63, 3.8) is 0 Å². The molecule has 3 aliphatic heterocycles. The molecular formula is C40H52N2O12. The number of ether oxygens (including phenoxy) is 4. The molecule has 1 amide bonds. The fourth-order valence-corrected chi connectivity index (χ4v) is 7.11. The number of methoxy groups -OCH3 is 1. The zero-order valence-electron chi connectivity index (χ0n) is 32.4. The lowest BCUT2D eigenvalue weighted by Gasteiger charge is -2.38. The van der Waals surface area contributed by atoms with Gasteiger partial charge in [0.25, 0.3) is 11.7 Å². The first kappa shape index (κ1) is 42.0. The number of aromatic hydroxyl groups is 1. The lowest BCUT2D eigenvalue weighted by Crippen LogP contribution is -2.46. The summed E-state index contributed by atoms with van der Waals surface area (Å²) in [5, 5.41) is 39.5. The number of fused-ring (bicyclic) bond motifs is 14. The Kier molecular flexibility index (Phi) is 13.0. The van der Waals surface area contributed by atoms with Gasteiger partial charge in [0.1, 0.15) is 29.0 Å². The molecule has 1 aliphatic carbocycles. The Bertz CT molecular complexity index is 1830. The van der Waals surface area contributed by atoms with Crippen molar-refractivity contribution in [2.75, 3.05) is 13.7 Å². The van der Waals surface area contributed by atoms with E-state index in [1.54, 1.807) is 39.8 Å². The first-order valence-corrected chi connectivity index (χ1v) is 18.1. The maximum Gasteiger partial charge on any atom is 0.312 e. The van der Waals surface area contributed by atoms with Gasteiger partial charge in [0.05, 0.1) is 41.3 Å². The first-order chi connectivity index (χ1) is 25.3. The van der Waals surface area contributed by atoms with Gasteiger partial charge in [0.15, 0.2) is 0 Å². The van der Waals surface area contributed by atoms with Gasteiger partial charge in [-0.1, -0.05) is 52.8 Å². The topological polar surface area (TPSA) is 207 Å². The monoisotopic (exact) mass is 752 g/mol. The van der Waals surface area contributed by atoms with Crippen LogP contribution >= 0.6 is 0 Å². The van der Waals surface area contributed by atoms with Crippen LogP contribution in [0, 0.1) is 30.6 Å². The number of aliphatic hydroxyl groups is 2. The van der Waals surface area contributed by atoms with Crippen LogP contribution in [0.25, 0.3) is 0 Å². The Morgan fingerprint density at radius 3 is 2.24 bits per heavy atom. The second kappa shape index (κ2) is 16.7. The highest BCUT2D eigenvalue weighted by molar-refractivity contribution is 6.32.